The summed E-state index contributed by atoms with van der Waals surface area (Å²) in [5.41, 5.74) is 2.59. The number of carbonyl (C=O) groups is 1. The number of halogens is 3. The van der Waals surface area contributed by atoms with E-state index in [1.807, 2.05) is 32.0 Å². The number of benzene rings is 2. The molecular weight excluding hydrogens is 399 g/mol. The highest BCUT2D eigenvalue weighted by Crippen LogP contribution is 2.30. The Morgan fingerprint density at radius 1 is 1.10 bits per heavy atom. The van der Waals surface area contributed by atoms with Crippen molar-refractivity contribution in [2.45, 2.75) is 26.8 Å². The van der Waals surface area contributed by atoms with Gasteiger partial charge in [0.1, 0.15) is 6.54 Å². The first kappa shape index (κ1) is 21.1. The fourth-order valence-corrected chi connectivity index (χ4v) is 2.83. The first-order valence-electron chi connectivity index (χ1n) is 8.93. The maximum Gasteiger partial charge on any atom is 0.573 e. The Kier molecular flexibility index (Phi) is 5.91. The lowest BCUT2D eigenvalue weighted by atomic mass is 10.0. The lowest BCUT2D eigenvalue weighted by molar-refractivity contribution is -0.274. The zero-order valence-electron chi connectivity index (χ0n) is 16.2. The number of nitrogens with zero attached hydrogens (tertiary/aromatic N) is 2. The van der Waals surface area contributed by atoms with Gasteiger partial charge < -0.3 is 10.1 Å². The van der Waals surface area contributed by atoms with E-state index in [9.17, 15) is 22.8 Å². The Bertz CT molecular complexity index is 1140. The van der Waals surface area contributed by atoms with Crippen molar-refractivity contribution >= 4 is 11.6 Å². The monoisotopic (exact) mass is 417 g/mol. The van der Waals surface area contributed by atoms with Crippen molar-refractivity contribution in [1.29, 1.82) is 0 Å². The molecule has 1 N–H and O–H groups in total. The molecule has 30 heavy (non-hydrogen) atoms. The molecule has 1 amide bonds. The summed E-state index contributed by atoms with van der Waals surface area (Å²) in [4.78, 5) is 24.5. The summed E-state index contributed by atoms with van der Waals surface area (Å²) in [6.07, 6.45) is -4.90. The molecule has 0 unspecified atom stereocenters. The second-order valence-electron chi connectivity index (χ2n) is 6.62. The lowest BCUT2D eigenvalue weighted by Gasteiger charge is -2.14. The highest BCUT2D eigenvalue weighted by molar-refractivity contribution is 5.92. The van der Waals surface area contributed by atoms with Crippen LogP contribution in [0.5, 0.6) is 5.75 Å². The Morgan fingerprint density at radius 3 is 2.57 bits per heavy atom. The summed E-state index contributed by atoms with van der Waals surface area (Å²) in [6.45, 7) is 3.35. The first-order valence-corrected chi connectivity index (χ1v) is 8.93. The molecule has 9 heteroatoms. The topological polar surface area (TPSA) is 73.2 Å². The molecule has 1 aromatic heterocycles. The molecule has 0 atom stereocenters. The van der Waals surface area contributed by atoms with E-state index in [2.05, 4.69) is 15.2 Å². The third-order valence-electron chi connectivity index (χ3n) is 4.22. The van der Waals surface area contributed by atoms with Crippen molar-refractivity contribution < 1.29 is 22.7 Å². The van der Waals surface area contributed by atoms with E-state index in [1.165, 1.54) is 24.3 Å². The van der Waals surface area contributed by atoms with Crippen LogP contribution in [0, 0.1) is 13.8 Å². The molecule has 0 spiro atoms. The Labute approximate surface area is 169 Å². The van der Waals surface area contributed by atoms with Crippen LogP contribution in [0.25, 0.3) is 11.3 Å². The molecule has 1 heterocycles. The average molecular weight is 417 g/mol. The number of nitrogens with one attached hydrogen (secondary N) is 1. The lowest BCUT2D eigenvalue weighted by Crippen LogP contribution is -2.29. The zero-order valence-corrected chi connectivity index (χ0v) is 16.2. The summed E-state index contributed by atoms with van der Waals surface area (Å²) < 4.78 is 42.5. The molecule has 0 radical (unpaired) electrons. The average Bonchev–Trinajstić information content (AvgIpc) is 2.66. The van der Waals surface area contributed by atoms with E-state index < -0.39 is 30.1 Å². The van der Waals surface area contributed by atoms with Gasteiger partial charge in [-0.1, -0.05) is 29.8 Å². The molecule has 0 aliphatic heterocycles. The quantitative estimate of drug-likeness (QED) is 0.680. The molecule has 0 saturated carbocycles. The van der Waals surface area contributed by atoms with E-state index in [1.54, 1.807) is 6.07 Å². The van der Waals surface area contributed by atoms with Crippen molar-refractivity contribution in [3.8, 4) is 17.0 Å². The molecule has 156 valence electrons. The number of ether oxygens (including phenoxy) is 1. The Hall–Kier alpha value is -3.62. The zero-order chi connectivity index (χ0) is 21.9. The van der Waals surface area contributed by atoms with Gasteiger partial charge in [0.25, 0.3) is 5.56 Å². The van der Waals surface area contributed by atoms with Crippen LogP contribution in [0.4, 0.5) is 18.9 Å². The highest BCUT2D eigenvalue weighted by Gasteiger charge is 2.32. The second-order valence-corrected chi connectivity index (χ2v) is 6.62. The SMILES string of the molecule is Cc1ccc(C)c(-c2ccc(=O)n(CC(=O)Nc3ccccc3OC(F)(F)F)n2)c1. The molecule has 0 fully saturated rings. The number of hydrogen-bond donors (Lipinski definition) is 1. The Balaban J connectivity index is 1.83. The van der Waals surface area contributed by atoms with Crippen LogP contribution in [-0.4, -0.2) is 22.1 Å². The van der Waals surface area contributed by atoms with Crippen molar-refractivity contribution in [2.24, 2.45) is 0 Å². The molecule has 0 bridgehead atoms. The van der Waals surface area contributed by atoms with Crippen LogP contribution in [0.3, 0.4) is 0 Å². The van der Waals surface area contributed by atoms with Gasteiger partial charge in [-0.3, -0.25) is 9.59 Å². The number of anilines is 1. The first-order chi connectivity index (χ1) is 14.1. The van der Waals surface area contributed by atoms with Crippen molar-refractivity contribution in [3.05, 3.63) is 76.1 Å². The minimum absolute atomic E-state index is 0.168. The normalized spacial score (nSPS) is 11.2. The van der Waals surface area contributed by atoms with E-state index in [-0.39, 0.29) is 5.69 Å². The molecule has 2 aromatic carbocycles. The molecule has 0 saturated heterocycles. The largest absolute Gasteiger partial charge is 0.573 e. The van der Waals surface area contributed by atoms with Crippen LogP contribution in [-0.2, 0) is 11.3 Å². The molecule has 0 aliphatic carbocycles. The maximum atomic E-state index is 12.5. The second kappa shape index (κ2) is 8.40. The fourth-order valence-electron chi connectivity index (χ4n) is 2.83. The van der Waals surface area contributed by atoms with Crippen LogP contribution in [0.2, 0.25) is 0 Å². The van der Waals surface area contributed by atoms with Crippen molar-refractivity contribution in [2.75, 3.05) is 5.32 Å². The van der Waals surface area contributed by atoms with E-state index in [0.29, 0.717) is 5.69 Å². The van der Waals surface area contributed by atoms with Gasteiger partial charge in [0.05, 0.1) is 11.4 Å². The number of carbonyl (C=O) groups excluding carboxylic acids is 1. The molecule has 3 rings (SSSR count). The smallest absolute Gasteiger partial charge is 0.404 e. The maximum absolute atomic E-state index is 12.5. The van der Waals surface area contributed by atoms with Crippen LogP contribution in [0.1, 0.15) is 11.1 Å². The third-order valence-corrected chi connectivity index (χ3v) is 4.22. The van der Waals surface area contributed by atoms with Crippen LogP contribution in [0.15, 0.2) is 59.4 Å². The number of amides is 1. The molecular formula is C21H18F3N3O3. The van der Waals surface area contributed by atoms with Gasteiger partial charge in [-0.25, -0.2) is 4.68 Å². The summed E-state index contributed by atoms with van der Waals surface area (Å²) in [5, 5.41) is 6.56. The van der Waals surface area contributed by atoms with Gasteiger partial charge in [0.15, 0.2) is 5.75 Å². The number of hydrogen-bond acceptors (Lipinski definition) is 4. The number of aromatic nitrogens is 2. The van der Waals surface area contributed by atoms with Gasteiger partial charge >= 0.3 is 6.36 Å². The predicted octanol–water partition coefficient (Wildman–Crippen LogP) is 4.06. The minimum atomic E-state index is -4.90. The number of aryl methyl sites for hydroxylation is 2. The van der Waals surface area contributed by atoms with E-state index in [0.717, 1.165) is 27.4 Å². The van der Waals surface area contributed by atoms with Crippen molar-refractivity contribution in [1.82, 2.24) is 9.78 Å². The van der Waals surface area contributed by atoms with Crippen LogP contribution >= 0.6 is 0 Å². The van der Waals surface area contributed by atoms with E-state index in [4.69, 9.17) is 0 Å². The van der Waals surface area contributed by atoms with Crippen LogP contribution < -0.4 is 15.6 Å². The third kappa shape index (κ3) is 5.25. The number of alkyl halides is 3. The molecule has 0 aliphatic rings. The highest BCUT2D eigenvalue weighted by atomic mass is 19.4. The molecule has 6 nitrogen and oxygen atoms in total. The van der Waals surface area contributed by atoms with Gasteiger partial charge in [-0.2, -0.15) is 5.10 Å². The minimum Gasteiger partial charge on any atom is -0.404 e. The van der Waals surface area contributed by atoms with E-state index >= 15 is 0 Å². The molecule has 3 aromatic rings. The number of rotatable bonds is 5. The Morgan fingerprint density at radius 2 is 1.83 bits per heavy atom. The fraction of sp³-hybridized carbons (Fsp3) is 0.190. The van der Waals surface area contributed by atoms with Crippen molar-refractivity contribution in [3.63, 3.8) is 0 Å². The standard InChI is InChI=1S/C21H18F3N3O3/c1-13-7-8-14(2)15(11-13)16-9-10-20(29)27(26-16)12-19(28)25-17-5-3-4-6-18(17)30-21(22,23)24/h3-11H,12H2,1-2H3,(H,25,28). The van der Waals surface area contributed by atoms with Gasteiger partial charge in [0, 0.05) is 11.6 Å². The summed E-state index contributed by atoms with van der Waals surface area (Å²) >= 11 is 0. The number of para-hydroxylation sites is 2. The predicted molar refractivity (Wildman–Crippen MR) is 105 cm³/mol. The summed E-state index contributed by atoms with van der Waals surface area (Å²) in [6, 6.07) is 13.8. The summed E-state index contributed by atoms with van der Waals surface area (Å²) in [5.74, 6) is -1.27. The van der Waals surface area contributed by atoms with Gasteiger partial charge in [-0.15, -0.1) is 13.2 Å². The van der Waals surface area contributed by atoms with Gasteiger partial charge in [-0.05, 0) is 43.7 Å². The summed E-state index contributed by atoms with van der Waals surface area (Å²) in [7, 11) is 0. The van der Waals surface area contributed by atoms with Gasteiger partial charge in [0.2, 0.25) is 5.91 Å².